The van der Waals surface area contributed by atoms with Crippen molar-refractivity contribution in [1.29, 1.82) is 0 Å². The van der Waals surface area contributed by atoms with Crippen LogP contribution in [0.25, 0.3) is 0 Å². The Balaban J connectivity index is 0.00000288. The molecule has 136 valence electrons. The first kappa shape index (κ1) is 21.0. The van der Waals surface area contributed by atoms with Crippen LogP contribution in [0, 0.1) is 11.3 Å². The Bertz CT molecular complexity index is 537. The standard InChI is InChI=1S/C20H31NO2.ClH/c1-20(2,3)19(22)23-17-11-8-10-15(13-17)18-12-7-6-9-16(18)14-21(4)5;/h8,10-11,13,16,18H,6-7,9,12,14H2,1-5H3;1H/t16-,18+;/m1./s1. The molecular formula is C20H32ClNO2. The topological polar surface area (TPSA) is 29.5 Å². The molecule has 1 aromatic carbocycles. The Morgan fingerprint density at radius 1 is 1.21 bits per heavy atom. The quantitative estimate of drug-likeness (QED) is 0.569. The van der Waals surface area contributed by atoms with Crippen LogP contribution in [0.15, 0.2) is 24.3 Å². The fourth-order valence-electron chi connectivity index (χ4n) is 3.40. The van der Waals surface area contributed by atoms with Crippen molar-refractivity contribution in [1.82, 2.24) is 4.90 Å². The predicted molar refractivity (Wildman–Crippen MR) is 102 cm³/mol. The highest BCUT2D eigenvalue weighted by atomic mass is 35.5. The number of esters is 1. The highest BCUT2D eigenvalue weighted by molar-refractivity contribution is 5.85. The summed E-state index contributed by atoms with van der Waals surface area (Å²) in [4.78, 5) is 14.4. The van der Waals surface area contributed by atoms with Crippen LogP contribution in [0.4, 0.5) is 0 Å². The van der Waals surface area contributed by atoms with Gasteiger partial charge in [-0.3, -0.25) is 4.79 Å². The van der Waals surface area contributed by atoms with Gasteiger partial charge in [0, 0.05) is 6.54 Å². The SMILES string of the molecule is CN(C)C[C@H]1CCCC[C@H]1c1cccc(OC(=O)C(C)(C)C)c1.Cl. The van der Waals surface area contributed by atoms with E-state index in [0.717, 1.165) is 6.54 Å². The van der Waals surface area contributed by atoms with Gasteiger partial charge < -0.3 is 9.64 Å². The summed E-state index contributed by atoms with van der Waals surface area (Å²) < 4.78 is 5.58. The summed E-state index contributed by atoms with van der Waals surface area (Å²) in [5, 5.41) is 0. The molecule has 2 rings (SSSR count). The van der Waals surface area contributed by atoms with Crippen LogP contribution in [0.3, 0.4) is 0 Å². The van der Waals surface area contributed by atoms with Gasteiger partial charge in [0.2, 0.25) is 0 Å². The number of hydrogen-bond donors (Lipinski definition) is 0. The normalized spacial score (nSPS) is 21.2. The second-order valence-corrected chi connectivity index (χ2v) is 8.13. The van der Waals surface area contributed by atoms with Crippen LogP contribution < -0.4 is 4.74 Å². The molecule has 0 unspecified atom stereocenters. The van der Waals surface area contributed by atoms with Crippen molar-refractivity contribution in [2.45, 2.75) is 52.4 Å². The second kappa shape index (κ2) is 8.87. The fourth-order valence-corrected chi connectivity index (χ4v) is 3.40. The Hall–Kier alpha value is -1.06. The third-order valence-electron chi connectivity index (χ3n) is 4.62. The van der Waals surface area contributed by atoms with Gasteiger partial charge >= 0.3 is 5.97 Å². The minimum absolute atomic E-state index is 0. The van der Waals surface area contributed by atoms with Crippen LogP contribution in [0.5, 0.6) is 5.75 Å². The number of carbonyl (C=O) groups excluding carboxylic acids is 1. The average Bonchev–Trinajstić information content (AvgIpc) is 2.46. The van der Waals surface area contributed by atoms with Crippen molar-refractivity contribution in [3.8, 4) is 5.75 Å². The lowest BCUT2D eigenvalue weighted by Gasteiger charge is -2.34. The van der Waals surface area contributed by atoms with Gasteiger partial charge in [-0.05, 0) is 77.2 Å². The number of hydrogen-bond acceptors (Lipinski definition) is 3. The van der Waals surface area contributed by atoms with E-state index in [1.807, 2.05) is 32.9 Å². The summed E-state index contributed by atoms with van der Waals surface area (Å²) in [7, 11) is 4.29. The van der Waals surface area contributed by atoms with Crippen LogP contribution >= 0.6 is 12.4 Å². The molecule has 3 nitrogen and oxygen atoms in total. The lowest BCUT2D eigenvalue weighted by Crippen LogP contribution is -2.29. The Morgan fingerprint density at radius 3 is 2.50 bits per heavy atom. The van der Waals surface area contributed by atoms with Gasteiger partial charge in [-0.25, -0.2) is 0 Å². The van der Waals surface area contributed by atoms with Crippen molar-refractivity contribution in [3.05, 3.63) is 29.8 Å². The van der Waals surface area contributed by atoms with Crippen LogP contribution in [0.1, 0.15) is 57.9 Å². The maximum Gasteiger partial charge on any atom is 0.316 e. The zero-order chi connectivity index (χ0) is 17.0. The maximum atomic E-state index is 12.1. The largest absolute Gasteiger partial charge is 0.426 e. The highest BCUT2D eigenvalue weighted by Crippen LogP contribution is 2.39. The van der Waals surface area contributed by atoms with E-state index in [4.69, 9.17) is 4.74 Å². The molecule has 0 N–H and O–H groups in total. The van der Waals surface area contributed by atoms with Gasteiger partial charge in [0.05, 0.1) is 5.41 Å². The molecule has 0 bridgehead atoms. The van der Waals surface area contributed by atoms with E-state index in [1.165, 1.54) is 31.2 Å². The number of ether oxygens (including phenoxy) is 1. The van der Waals surface area contributed by atoms with Gasteiger partial charge in [-0.2, -0.15) is 0 Å². The van der Waals surface area contributed by atoms with Crippen molar-refractivity contribution in [2.24, 2.45) is 11.3 Å². The molecule has 1 fully saturated rings. The number of rotatable bonds is 4. The minimum Gasteiger partial charge on any atom is -0.426 e. The zero-order valence-electron chi connectivity index (χ0n) is 15.7. The van der Waals surface area contributed by atoms with Gasteiger partial charge in [0.15, 0.2) is 0 Å². The number of benzene rings is 1. The molecule has 0 radical (unpaired) electrons. The third-order valence-corrected chi connectivity index (χ3v) is 4.62. The molecule has 1 saturated carbocycles. The smallest absolute Gasteiger partial charge is 0.316 e. The molecule has 1 aliphatic rings. The first-order valence-corrected chi connectivity index (χ1v) is 8.74. The van der Waals surface area contributed by atoms with Gasteiger partial charge in [-0.1, -0.05) is 25.0 Å². The second-order valence-electron chi connectivity index (χ2n) is 8.13. The summed E-state index contributed by atoms with van der Waals surface area (Å²) in [6, 6.07) is 8.16. The minimum atomic E-state index is -0.478. The first-order valence-electron chi connectivity index (χ1n) is 8.74. The molecule has 4 heteroatoms. The molecule has 0 saturated heterocycles. The van der Waals surface area contributed by atoms with Gasteiger partial charge in [0.25, 0.3) is 0 Å². The van der Waals surface area contributed by atoms with Crippen LogP contribution in [-0.4, -0.2) is 31.5 Å². The highest BCUT2D eigenvalue weighted by Gasteiger charge is 2.28. The van der Waals surface area contributed by atoms with E-state index in [-0.39, 0.29) is 18.4 Å². The molecular weight excluding hydrogens is 322 g/mol. The van der Waals surface area contributed by atoms with Crippen LogP contribution in [-0.2, 0) is 4.79 Å². The zero-order valence-corrected chi connectivity index (χ0v) is 16.5. The third kappa shape index (κ3) is 5.78. The molecule has 2 atom stereocenters. The summed E-state index contributed by atoms with van der Waals surface area (Å²) in [5.74, 6) is 1.76. The van der Waals surface area contributed by atoms with Crippen molar-refractivity contribution < 1.29 is 9.53 Å². The fraction of sp³-hybridized carbons (Fsp3) is 0.650. The molecule has 1 aliphatic carbocycles. The summed E-state index contributed by atoms with van der Waals surface area (Å²) in [6.07, 6.45) is 5.14. The number of carbonyl (C=O) groups is 1. The van der Waals surface area contributed by atoms with Crippen molar-refractivity contribution in [2.75, 3.05) is 20.6 Å². The van der Waals surface area contributed by atoms with Gasteiger partial charge in [-0.15, -0.1) is 12.4 Å². The van der Waals surface area contributed by atoms with E-state index in [1.54, 1.807) is 0 Å². The number of nitrogens with zero attached hydrogens (tertiary/aromatic N) is 1. The van der Waals surface area contributed by atoms with Crippen LogP contribution in [0.2, 0.25) is 0 Å². The Labute approximate surface area is 153 Å². The first-order chi connectivity index (χ1) is 10.8. The Morgan fingerprint density at radius 2 is 1.88 bits per heavy atom. The summed E-state index contributed by atoms with van der Waals surface area (Å²) in [5.41, 5.74) is 0.838. The predicted octanol–water partition coefficient (Wildman–Crippen LogP) is 4.90. The molecule has 0 heterocycles. The average molecular weight is 354 g/mol. The Kier molecular flexibility index (Phi) is 7.75. The molecule has 0 amide bonds. The van der Waals surface area contributed by atoms with Gasteiger partial charge in [0.1, 0.15) is 5.75 Å². The lowest BCUT2D eigenvalue weighted by molar-refractivity contribution is -0.143. The summed E-state index contributed by atoms with van der Waals surface area (Å²) >= 11 is 0. The van der Waals surface area contributed by atoms with E-state index in [9.17, 15) is 4.79 Å². The maximum absolute atomic E-state index is 12.1. The monoisotopic (exact) mass is 353 g/mol. The van der Waals surface area contributed by atoms with Crippen molar-refractivity contribution >= 4 is 18.4 Å². The van der Waals surface area contributed by atoms with E-state index >= 15 is 0 Å². The molecule has 0 aliphatic heterocycles. The molecule has 0 aromatic heterocycles. The van der Waals surface area contributed by atoms with E-state index < -0.39 is 5.41 Å². The number of halogens is 1. The van der Waals surface area contributed by atoms with E-state index in [2.05, 4.69) is 31.1 Å². The molecule has 1 aromatic rings. The summed E-state index contributed by atoms with van der Waals surface area (Å²) in [6.45, 7) is 6.77. The molecule has 0 spiro atoms. The molecule has 24 heavy (non-hydrogen) atoms. The van der Waals surface area contributed by atoms with Crippen molar-refractivity contribution in [3.63, 3.8) is 0 Å². The lowest BCUT2D eigenvalue weighted by atomic mass is 9.75. The van der Waals surface area contributed by atoms with E-state index in [0.29, 0.717) is 17.6 Å².